The fourth-order valence-corrected chi connectivity index (χ4v) is 2.62. The lowest BCUT2D eigenvalue weighted by Gasteiger charge is -2.20. The SMILES string of the molecule is CNC(c1ccc(C)c(C)c1)c1cc(C)c(F)c(C)c1. The Morgan fingerprint density at radius 1 is 0.800 bits per heavy atom. The van der Waals surface area contributed by atoms with Gasteiger partial charge in [-0.2, -0.15) is 0 Å². The molecule has 0 amide bonds. The van der Waals surface area contributed by atoms with Crippen molar-refractivity contribution in [1.29, 1.82) is 0 Å². The maximum absolute atomic E-state index is 13.8. The predicted molar refractivity (Wildman–Crippen MR) is 82.7 cm³/mol. The fourth-order valence-electron chi connectivity index (χ4n) is 2.62. The molecule has 0 bridgehead atoms. The van der Waals surface area contributed by atoms with Gasteiger partial charge >= 0.3 is 0 Å². The molecule has 2 heteroatoms. The molecule has 0 fully saturated rings. The van der Waals surface area contributed by atoms with Crippen LogP contribution in [0.25, 0.3) is 0 Å². The van der Waals surface area contributed by atoms with Crippen molar-refractivity contribution in [3.05, 3.63) is 69.5 Å². The summed E-state index contributed by atoms with van der Waals surface area (Å²) in [5.41, 5.74) is 6.27. The Bertz CT molecular complexity index is 608. The standard InChI is InChI=1S/C18H22FN/c1-11-6-7-15(8-12(11)2)18(20-5)16-9-13(3)17(19)14(4)10-16/h6-10,18,20H,1-5H3. The average Bonchev–Trinajstić information content (AvgIpc) is 2.41. The van der Waals surface area contributed by atoms with Crippen LogP contribution in [0.1, 0.15) is 39.4 Å². The zero-order valence-electron chi connectivity index (χ0n) is 12.8. The Morgan fingerprint density at radius 3 is 1.85 bits per heavy atom. The van der Waals surface area contributed by atoms with Gasteiger partial charge in [0.1, 0.15) is 5.82 Å². The van der Waals surface area contributed by atoms with E-state index in [1.807, 2.05) is 33.0 Å². The molecular weight excluding hydrogens is 249 g/mol. The van der Waals surface area contributed by atoms with Crippen molar-refractivity contribution in [2.75, 3.05) is 7.05 Å². The monoisotopic (exact) mass is 271 g/mol. The molecule has 2 rings (SSSR count). The summed E-state index contributed by atoms with van der Waals surface area (Å²) in [4.78, 5) is 0. The van der Waals surface area contributed by atoms with Crippen molar-refractivity contribution in [2.45, 2.75) is 33.7 Å². The summed E-state index contributed by atoms with van der Waals surface area (Å²) >= 11 is 0. The Morgan fingerprint density at radius 2 is 1.35 bits per heavy atom. The van der Waals surface area contributed by atoms with Gasteiger partial charge in [-0.05, 0) is 68.1 Å². The largest absolute Gasteiger partial charge is 0.309 e. The highest BCUT2D eigenvalue weighted by molar-refractivity contribution is 5.40. The molecule has 20 heavy (non-hydrogen) atoms. The smallest absolute Gasteiger partial charge is 0.129 e. The molecule has 2 aromatic carbocycles. The van der Waals surface area contributed by atoms with Gasteiger partial charge < -0.3 is 5.32 Å². The Labute approximate surface area is 120 Å². The van der Waals surface area contributed by atoms with Crippen LogP contribution in [0, 0.1) is 33.5 Å². The third-order valence-corrected chi connectivity index (χ3v) is 3.95. The van der Waals surface area contributed by atoms with Gasteiger partial charge in [-0.3, -0.25) is 0 Å². The first-order chi connectivity index (χ1) is 9.43. The molecule has 106 valence electrons. The van der Waals surface area contributed by atoms with Crippen LogP contribution in [0.2, 0.25) is 0 Å². The summed E-state index contributed by atoms with van der Waals surface area (Å²) in [7, 11) is 1.94. The number of nitrogens with one attached hydrogen (secondary N) is 1. The van der Waals surface area contributed by atoms with Gasteiger partial charge in [0.25, 0.3) is 0 Å². The lowest BCUT2D eigenvalue weighted by atomic mass is 9.93. The first kappa shape index (κ1) is 14.7. The Hall–Kier alpha value is -1.67. The summed E-state index contributed by atoms with van der Waals surface area (Å²) in [5.74, 6) is -0.108. The molecule has 0 aliphatic heterocycles. The molecule has 2 aromatic rings. The first-order valence-corrected chi connectivity index (χ1v) is 6.95. The van der Waals surface area contributed by atoms with E-state index in [4.69, 9.17) is 0 Å². The highest BCUT2D eigenvalue weighted by Gasteiger charge is 2.15. The second-order valence-electron chi connectivity index (χ2n) is 5.53. The maximum atomic E-state index is 13.8. The lowest BCUT2D eigenvalue weighted by molar-refractivity contribution is 0.604. The minimum atomic E-state index is -0.108. The number of aryl methyl sites for hydroxylation is 4. The number of rotatable bonds is 3. The van der Waals surface area contributed by atoms with Crippen molar-refractivity contribution in [2.24, 2.45) is 0 Å². The van der Waals surface area contributed by atoms with Gasteiger partial charge in [0, 0.05) is 0 Å². The molecule has 1 unspecified atom stereocenters. The van der Waals surface area contributed by atoms with Crippen LogP contribution in [0.3, 0.4) is 0 Å². The Kier molecular flexibility index (Phi) is 4.24. The van der Waals surface area contributed by atoms with Gasteiger partial charge in [0.15, 0.2) is 0 Å². The van der Waals surface area contributed by atoms with Crippen LogP contribution < -0.4 is 5.32 Å². The molecule has 0 saturated carbocycles. The highest BCUT2D eigenvalue weighted by atomic mass is 19.1. The fraction of sp³-hybridized carbons (Fsp3) is 0.333. The summed E-state index contributed by atoms with van der Waals surface area (Å²) in [6.45, 7) is 7.87. The number of hydrogen-bond acceptors (Lipinski definition) is 1. The molecule has 0 aliphatic rings. The van der Waals surface area contributed by atoms with Crippen LogP contribution in [0.15, 0.2) is 30.3 Å². The molecular formula is C18H22FN. The third kappa shape index (κ3) is 2.75. The summed E-state index contributed by atoms with van der Waals surface area (Å²) in [6.07, 6.45) is 0. The van der Waals surface area contributed by atoms with Crippen molar-refractivity contribution < 1.29 is 4.39 Å². The maximum Gasteiger partial charge on any atom is 0.129 e. The normalized spacial score (nSPS) is 12.5. The van der Waals surface area contributed by atoms with Crippen LogP contribution in [-0.2, 0) is 0 Å². The van der Waals surface area contributed by atoms with E-state index in [-0.39, 0.29) is 11.9 Å². The van der Waals surface area contributed by atoms with Crippen molar-refractivity contribution in [3.63, 3.8) is 0 Å². The quantitative estimate of drug-likeness (QED) is 0.874. The van der Waals surface area contributed by atoms with Crippen molar-refractivity contribution in [1.82, 2.24) is 5.32 Å². The van der Waals surface area contributed by atoms with E-state index < -0.39 is 0 Å². The predicted octanol–water partition coefficient (Wildman–Crippen LogP) is 4.37. The summed E-state index contributed by atoms with van der Waals surface area (Å²) in [5, 5.41) is 3.33. The highest BCUT2D eigenvalue weighted by Crippen LogP contribution is 2.26. The van der Waals surface area contributed by atoms with Crippen LogP contribution in [0.5, 0.6) is 0 Å². The van der Waals surface area contributed by atoms with E-state index in [9.17, 15) is 4.39 Å². The minimum Gasteiger partial charge on any atom is -0.309 e. The number of benzene rings is 2. The molecule has 1 atom stereocenters. The molecule has 0 spiro atoms. The van der Waals surface area contributed by atoms with Gasteiger partial charge in [-0.1, -0.05) is 30.3 Å². The zero-order valence-corrected chi connectivity index (χ0v) is 12.8. The second-order valence-corrected chi connectivity index (χ2v) is 5.53. The summed E-state index contributed by atoms with van der Waals surface area (Å²) in [6, 6.07) is 10.4. The lowest BCUT2D eigenvalue weighted by Crippen LogP contribution is -2.18. The van der Waals surface area contributed by atoms with E-state index in [1.165, 1.54) is 16.7 Å². The molecule has 1 N–H and O–H groups in total. The average molecular weight is 271 g/mol. The molecule has 0 aliphatic carbocycles. The molecule has 0 radical (unpaired) electrons. The topological polar surface area (TPSA) is 12.0 Å². The van der Waals surface area contributed by atoms with E-state index in [2.05, 4.69) is 37.4 Å². The second kappa shape index (κ2) is 5.76. The number of halogens is 1. The molecule has 0 heterocycles. The van der Waals surface area contributed by atoms with E-state index in [0.29, 0.717) is 11.1 Å². The molecule has 1 nitrogen and oxygen atoms in total. The van der Waals surface area contributed by atoms with E-state index >= 15 is 0 Å². The molecule has 0 aromatic heterocycles. The van der Waals surface area contributed by atoms with E-state index in [1.54, 1.807) is 0 Å². The Balaban J connectivity index is 2.49. The van der Waals surface area contributed by atoms with Gasteiger partial charge in [0.05, 0.1) is 6.04 Å². The van der Waals surface area contributed by atoms with E-state index in [0.717, 1.165) is 5.56 Å². The third-order valence-electron chi connectivity index (χ3n) is 3.95. The zero-order chi connectivity index (χ0) is 14.9. The van der Waals surface area contributed by atoms with Crippen molar-refractivity contribution >= 4 is 0 Å². The molecule has 0 saturated heterocycles. The van der Waals surface area contributed by atoms with Crippen LogP contribution in [-0.4, -0.2) is 7.05 Å². The van der Waals surface area contributed by atoms with Crippen LogP contribution >= 0.6 is 0 Å². The first-order valence-electron chi connectivity index (χ1n) is 6.95. The minimum absolute atomic E-state index is 0.0901. The summed E-state index contributed by atoms with van der Waals surface area (Å²) < 4.78 is 13.8. The van der Waals surface area contributed by atoms with Gasteiger partial charge in [-0.15, -0.1) is 0 Å². The van der Waals surface area contributed by atoms with Crippen molar-refractivity contribution in [3.8, 4) is 0 Å². The van der Waals surface area contributed by atoms with Crippen LogP contribution in [0.4, 0.5) is 4.39 Å². The van der Waals surface area contributed by atoms with Gasteiger partial charge in [-0.25, -0.2) is 4.39 Å². The van der Waals surface area contributed by atoms with Gasteiger partial charge in [0.2, 0.25) is 0 Å². The number of hydrogen-bond donors (Lipinski definition) is 1.